The molecule has 0 spiro atoms. The topological polar surface area (TPSA) is 25.8 Å². The van der Waals surface area contributed by atoms with Gasteiger partial charge in [0.25, 0.3) is 0 Å². The third kappa shape index (κ3) is 4.01. The summed E-state index contributed by atoms with van der Waals surface area (Å²) in [5.74, 6) is -0.213. The van der Waals surface area contributed by atoms with E-state index in [2.05, 4.69) is 7.05 Å². The lowest BCUT2D eigenvalue weighted by Crippen LogP contribution is -2.78. The highest BCUT2D eigenvalue weighted by molar-refractivity contribution is 5.14. The summed E-state index contributed by atoms with van der Waals surface area (Å²) in [6.45, 7) is 2.05. The molecule has 1 rings (SSSR count). The Kier molecular flexibility index (Phi) is 4.43. The van der Waals surface area contributed by atoms with Crippen LogP contribution in [0.4, 0.5) is 4.39 Å². The van der Waals surface area contributed by atoms with Crippen LogP contribution in [0, 0.1) is 12.9 Å². The summed E-state index contributed by atoms with van der Waals surface area (Å²) in [5.41, 5.74) is 0.991. The number of quaternary nitrogens is 1. The van der Waals surface area contributed by atoms with Crippen LogP contribution in [0.25, 0.3) is 0 Å². The average Bonchev–Trinajstić information content (AvgIpc) is 2.15. The van der Waals surface area contributed by atoms with Gasteiger partial charge in [0, 0.05) is 0 Å². The molecule has 1 aromatic carbocycles. The van der Waals surface area contributed by atoms with E-state index in [0.29, 0.717) is 13.2 Å². The van der Waals surface area contributed by atoms with Gasteiger partial charge in [0.05, 0.1) is 19.8 Å². The van der Waals surface area contributed by atoms with E-state index in [-0.39, 0.29) is 5.82 Å². The van der Waals surface area contributed by atoms with Crippen molar-refractivity contribution in [1.29, 1.82) is 0 Å². The van der Waals surface area contributed by atoms with Crippen LogP contribution < -0.4 is 5.32 Å². The quantitative estimate of drug-likeness (QED) is 0.527. The second kappa shape index (κ2) is 5.67. The summed E-state index contributed by atoms with van der Waals surface area (Å²) < 4.78 is 17.8. The van der Waals surface area contributed by atoms with Gasteiger partial charge in [0.1, 0.15) is 5.82 Å². The van der Waals surface area contributed by atoms with Gasteiger partial charge in [0.15, 0.2) is 0 Å². The summed E-state index contributed by atoms with van der Waals surface area (Å²) in [6, 6.07) is 6.32. The molecule has 2 N–H and O–H groups in total. The first-order valence-electron chi connectivity index (χ1n) is 4.26. The largest absolute Gasteiger partial charge is 0.477 e. The summed E-state index contributed by atoms with van der Waals surface area (Å²) in [4.78, 5) is 0. The third-order valence-electron chi connectivity index (χ3n) is 1.65. The van der Waals surface area contributed by atoms with Crippen LogP contribution in [0.1, 0.15) is 5.56 Å². The lowest BCUT2D eigenvalue weighted by atomic mass is 10.2. The van der Waals surface area contributed by atoms with Crippen LogP contribution in [0.3, 0.4) is 0 Å². The highest BCUT2D eigenvalue weighted by atomic mass is 19.1. The maximum atomic E-state index is 12.5. The molecule has 0 aliphatic rings. The van der Waals surface area contributed by atoms with Crippen molar-refractivity contribution in [2.75, 3.05) is 13.2 Å². The Labute approximate surface area is 77.7 Å². The molecular weight excluding hydrogens is 169 g/mol. The van der Waals surface area contributed by atoms with Crippen molar-refractivity contribution in [3.05, 3.63) is 42.7 Å². The fourth-order valence-corrected chi connectivity index (χ4v) is 0.937. The summed E-state index contributed by atoms with van der Waals surface area (Å²) in [6.07, 6.45) is 0. The number of hydrogen-bond donors (Lipinski definition) is 1. The predicted octanol–water partition coefficient (Wildman–Crippen LogP) is 0.697. The predicted molar refractivity (Wildman–Crippen MR) is 48.2 cm³/mol. The zero-order valence-electron chi connectivity index (χ0n) is 7.50. The Bertz CT molecular complexity index is 235. The molecule has 0 amide bonds. The zero-order chi connectivity index (χ0) is 9.52. The highest BCUT2D eigenvalue weighted by Crippen LogP contribution is 2.03. The molecule has 0 aliphatic heterocycles. The normalized spacial score (nSPS) is 10.3. The van der Waals surface area contributed by atoms with Crippen molar-refractivity contribution < 1.29 is 14.4 Å². The van der Waals surface area contributed by atoms with E-state index in [1.54, 1.807) is 12.1 Å². The average molecular weight is 183 g/mol. The van der Waals surface area contributed by atoms with Crippen molar-refractivity contribution in [3.63, 3.8) is 0 Å². The van der Waals surface area contributed by atoms with Gasteiger partial charge >= 0.3 is 0 Å². The standard InChI is InChI=1S/C10H14FNO/c1-12-6-7-13-8-9-2-4-10(11)5-3-9/h2-5H,1,6-8,12H2. The van der Waals surface area contributed by atoms with Gasteiger partial charge in [-0.05, 0) is 17.7 Å². The Morgan fingerprint density at radius 3 is 2.62 bits per heavy atom. The van der Waals surface area contributed by atoms with Crippen molar-refractivity contribution in [1.82, 2.24) is 0 Å². The molecule has 2 nitrogen and oxygen atoms in total. The second-order valence-electron chi connectivity index (χ2n) is 2.76. The van der Waals surface area contributed by atoms with Crippen LogP contribution in [-0.4, -0.2) is 13.2 Å². The minimum absolute atomic E-state index is 0.213. The summed E-state index contributed by atoms with van der Waals surface area (Å²) in [7, 11) is 3.59. The van der Waals surface area contributed by atoms with E-state index < -0.39 is 0 Å². The Morgan fingerprint density at radius 1 is 1.31 bits per heavy atom. The molecule has 0 aliphatic carbocycles. The van der Waals surface area contributed by atoms with Gasteiger partial charge in [-0.2, -0.15) is 7.05 Å². The van der Waals surface area contributed by atoms with Gasteiger partial charge in [-0.15, -0.1) is 0 Å². The van der Waals surface area contributed by atoms with Crippen LogP contribution in [0.15, 0.2) is 24.3 Å². The lowest BCUT2D eigenvalue weighted by Gasteiger charge is -2.03. The molecule has 0 aromatic heterocycles. The van der Waals surface area contributed by atoms with Crippen molar-refractivity contribution in [2.45, 2.75) is 6.61 Å². The zero-order valence-corrected chi connectivity index (χ0v) is 7.50. The number of rotatable bonds is 5. The molecule has 0 saturated heterocycles. The van der Waals surface area contributed by atoms with Crippen LogP contribution in [0.5, 0.6) is 0 Å². The molecule has 13 heavy (non-hydrogen) atoms. The SMILES string of the molecule is [CH2-][NH2+]CCOCc1ccc(F)cc1. The van der Waals surface area contributed by atoms with Crippen LogP contribution in [0.2, 0.25) is 0 Å². The minimum atomic E-state index is -0.213. The third-order valence-corrected chi connectivity index (χ3v) is 1.65. The smallest absolute Gasteiger partial charge is 0.123 e. The minimum Gasteiger partial charge on any atom is -0.477 e. The van der Waals surface area contributed by atoms with E-state index in [4.69, 9.17) is 4.74 Å². The second-order valence-corrected chi connectivity index (χ2v) is 2.76. The van der Waals surface area contributed by atoms with Gasteiger partial charge < -0.3 is 10.1 Å². The van der Waals surface area contributed by atoms with Crippen LogP contribution in [-0.2, 0) is 11.3 Å². The Morgan fingerprint density at radius 2 is 2.00 bits per heavy atom. The monoisotopic (exact) mass is 183 g/mol. The Hall–Kier alpha value is -0.930. The first kappa shape index (κ1) is 10.2. The van der Waals surface area contributed by atoms with Crippen molar-refractivity contribution in [2.24, 2.45) is 0 Å². The number of ether oxygens (including phenoxy) is 1. The van der Waals surface area contributed by atoms with E-state index in [1.165, 1.54) is 12.1 Å². The fraction of sp³-hybridized carbons (Fsp3) is 0.300. The molecule has 0 fully saturated rings. The molecule has 0 saturated carbocycles. The number of benzene rings is 1. The molecule has 0 radical (unpaired) electrons. The van der Waals surface area contributed by atoms with Crippen LogP contribution >= 0.6 is 0 Å². The molecular formula is C10H14FNO. The number of nitrogens with two attached hydrogens (primary N) is 1. The van der Waals surface area contributed by atoms with Crippen molar-refractivity contribution >= 4 is 0 Å². The van der Waals surface area contributed by atoms with E-state index in [1.807, 2.05) is 5.32 Å². The summed E-state index contributed by atoms with van der Waals surface area (Å²) >= 11 is 0. The van der Waals surface area contributed by atoms with Gasteiger partial charge in [-0.3, -0.25) is 0 Å². The molecule has 3 heteroatoms. The van der Waals surface area contributed by atoms with Gasteiger partial charge in [-0.1, -0.05) is 12.1 Å². The van der Waals surface area contributed by atoms with Gasteiger partial charge in [0.2, 0.25) is 0 Å². The van der Waals surface area contributed by atoms with Crippen molar-refractivity contribution in [3.8, 4) is 0 Å². The first-order chi connectivity index (χ1) is 6.33. The summed E-state index contributed by atoms with van der Waals surface area (Å²) in [5, 5.41) is 1.81. The Balaban J connectivity index is 2.25. The lowest BCUT2D eigenvalue weighted by molar-refractivity contribution is -0.597. The van der Waals surface area contributed by atoms with E-state index >= 15 is 0 Å². The molecule has 72 valence electrons. The first-order valence-corrected chi connectivity index (χ1v) is 4.26. The molecule has 0 atom stereocenters. The maximum Gasteiger partial charge on any atom is 0.123 e. The molecule has 0 heterocycles. The van der Waals surface area contributed by atoms with E-state index in [9.17, 15) is 4.39 Å². The maximum absolute atomic E-state index is 12.5. The molecule has 0 unspecified atom stereocenters. The fourth-order valence-electron chi connectivity index (χ4n) is 0.937. The number of hydrogen-bond acceptors (Lipinski definition) is 1. The number of halogens is 1. The highest BCUT2D eigenvalue weighted by Gasteiger charge is 1.93. The van der Waals surface area contributed by atoms with Gasteiger partial charge in [-0.25, -0.2) is 4.39 Å². The van der Waals surface area contributed by atoms with E-state index in [0.717, 1.165) is 12.1 Å². The molecule has 1 aromatic rings. The molecule has 0 bridgehead atoms.